The van der Waals surface area contributed by atoms with Crippen LogP contribution in [-0.2, 0) is 10.3 Å². The lowest BCUT2D eigenvalue weighted by atomic mass is 9.87. The molecule has 0 aliphatic carbocycles. The van der Waals surface area contributed by atoms with Crippen LogP contribution in [-0.4, -0.2) is 8.05 Å². The highest BCUT2D eigenvalue weighted by Gasteiger charge is 2.26. The van der Waals surface area contributed by atoms with E-state index in [4.69, 9.17) is 4.65 Å². The summed E-state index contributed by atoms with van der Waals surface area (Å²) in [7, 11) is 1.75. The summed E-state index contributed by atoms with van der Waals surface area (Å²) in [6.07, 6.45) is 0. The number of hydrogen-bond acceptors (Lipinski definition) is 1. The lowest BCUT2D eigenvalue weighted by Gasteiger charge is -2.30. The first-order chi connectivity index (χ1) is 7.77. The zero-order valence-corrected chi connectivity index (χ0v) is 9.68. The Bertz CT molecular complexity index is 399. The van der Waals surface area contributed by atoms with E-state index in [1.54, 1.807) is 8.05 Å². The molecule has 0 heterocycles. The quantitative estimate of drug-likeness (QED) is 0.707. The first-order valence-corrected chi connectivity index (χ1v) is 5.43. The Morgan fingerprint density at radius 2 is 1.19 bits per heavy atom. The number of rotatable bonds is 3. The van der Waals surface area contributed by atoms with Gasteiger partial charge in [0.25, 0.3) is 8.05 Å². The van der Waals surface area contributed by atoms with Gasteiger partial charge in [0.1, 0.15) is 0 Å². The molecule has 0 radical (unpaired) electrons. The third-order valence-electron chi connectivity index (χ3n) is 3.06. The topological polar surface area (TPSA) is 9.23 Å². The van der Waals surface area contributed by atoms with E-state index in [1.807, 2.05) is 36.4 Å². The van der Waals surface area contributed by atoms with E-state index in [9.17, 15) is 0 Å². The van der Waals surface area contributed by atoms with Crippen LogP contribution in [0.15, 0.2) is 60.7 Å². The van der Waals surface area contributed by atoms with Crippen molar-refractivity contribution in [1.29, 1.82) is 0 Å². The average Bonchev–Trinajstić information content (AvgIpc) is 2.40. The van der Waals surface area contributed by atoms with Gasteiger partial charge < -0.3 is 4.65 Å². The van der Waals surface area contributed by atoms with Crippen LogP contribution in [0.5, 0.6) is 0 Å². The molecular weight excluding hydrogens is 195 g/mol. The second-order valence-corrected chi connectivity index (χ2v) is 3.97. The van der Waals surface area contributed by atoms with Crippen molar-refractivity contribution in [1.82, 2.24) is 0 Å². The minimum absolute atomic E-state index is 0.372. The van der Waals surface area contributed by atoms with Crippen molar-refractivity contribution in [2.24, 2.45) is 0 Å². The lowest BCUT2D eigenvalue weighted by molar-refractivity contribution is 0.148. The van der Waals surface area contributed by atoms with Gasteiger partial charge in [0, 0.05) is 0 Å². The van der Waals surface area contributed by atoms with Crippen molar-refractivity contribution >= 4 is 8.05 Å². The second-order valence-electron chi connectivity index (χ2n) is 3.97. The fourth-order valence-electron chi connectivity index (χ4n) is 1.91. The monoisotopic (exact) mass is 210 g/mol. The largest absolute Gasteiger partial charge is 0.431 e. The minimum Gasteiger partial charge on any atom is -0.431 e. The van der Waals surface area contributed by atoms with Crippen LogP contribution in [0.1, 0.15) is 18.1 Å². The molecule has 2 aromatic carbocycles. The predicted molar refractivity (Wildman–Crippen MR) is 69.0 cm³/mol. The van der Waals surface area contributed by atoms with Crippen LogP contribution >= 0.6 is 0 Å². The third-order valence-corrected chi connectivity index (χ3v) is 3.06. The van der Waals surface area contributed by atoms with Gasteiger partial charge in [-0.2, -0.15) is 0 Å². The first-order valence-electron chi connectivity index (χ1n) is 5.43. The van der Waals surface area contributed by atoms with E-state index in [0.717, 1.165) is 0 Å². The van der Waals surface area contributed by atoms with Gasteiger partial charge in [-0.05, 0) is 18.1 Å². The number of hydrogen-bond donors (Lipinski definition) is 0. The molecule has 2 heteroatoms. The standard InChI is InChI=1S/C14H15BO/c1-14(16-15,12-8-4-2-5-9-12)13-10-6-3-7-11-13/h2-11H,15H2,1H3. The van der Waals surface area contributed by atoms with Crippen LogP contribution in [0.3, 0.4) is 0 Å². The molecule has 0 saturated carbocycles. The Kier molecular flexibility index (Phi) is 3.11. The van der Waals surface area contributed by atoms with Gasteiger partial charge in [0.05, 0.1) is 5.60 Å². The molecule has 0 atom stereocenters. The van der Waals surface area contributed by atoms with Crippen LogP contribution in [0.4, 0.5) is 0 Å². The Morgan fingerprint density at radius 1 is 0.812 bits per heavy atom. The SMILES string of the molecule is BOC(C)(c1ccccc1)c1ccccc1. The van der Waals surface area contributed by atoms with Crippen molar-refractivity contribution in [3.05, 3.63) is 71.8 Å². The second kappa shape index (κ2) is 4.54. The molecule has 0 aromatic heterocycles. The maximum Gasteiger partial charge on any atom is 0.258 e. The Hall–Kier alpha value is -1.54. The van der Waals surface area contributed by atoms with Gasteiger partial charge in [-0.15, -0.1) is 0 Å². The van der Waals surface area contributed by atoms with Gasteiger partial charge in [-0.3, -0.25) is 0 Å². The summed E-state index contributed by atoms with van der Waals surface area (Å²) in [5, 5.41) is 0. The predicted octanol–water partition coefficient (Wildman–Crippen LogP) is 2.51. The van der Waals surface area contributed by atoms with E-state index in [1.165, 1.54) is 11.1 Å². The Balaban J connectivity index is 2.49. The van der Waals surface area contributed by atoms with Gasteiger partial charge in [0.15, 0.2) is 0 Å². The molecule has 0 bridgehead atoms. The molecule has 80 valence electrons. The highest BCUT2D eigenvalue weighted by Crippen LogP contribution is 2.31. The minimum atomic E-state index is -0.372. The summed E-state index contributed by atoms with van der Waals surface area (Å²) in [6.45, 7) is 2.09. The first kappa shape index (κ1) is 11.0. The van der Waals surface area contributed by atoms with Crippen molar-refractivity contribution < 1.29 is 4.65 Å². The fourth-order valence-corrected chi connectivity index (χ4v) is 1.91. The summed E-state index contributed by atoms with van der Waals surface area (Å²) in [4.78, 5) is 0. The molecule has 0 aliphatic heterocycles. The molecule has 0 saturated heterocycles. The summed E-state index contributed by atoms with van der Waals surface area (Å²) < 4.78 is 5.71. The molecule has 0 aliphatic rings. The zero-order chi connectivity index (χ0) is 11.4. The van der Waals surface area contributed by atoms with Crippen molar-refractivity contribution in [2.45, 2.75) is 12.5 Å². The lowest BCUT2D eigenvalue weighted by Crippen LogP contribution is -2.26. The van der Waals surface area contributed by atoms with E-state index in [2.05, 4.69) is 31.2 Å². The molecule has 0 amide bonds. The average molecular weight is 210 g/mol. The molecular formula is C14H15BO. The third kappa shape index (κ3) is 1.89. The maximum atomic E-state index is 5.71. The molecule has 0 unspecified atom stereocenters. The summed E-state index contributed by atoms with van der Waals surface area (Å²) >= 11 is 0. The van der Waals surface area contributed by atoms with E-state index in [-0.39, 0.29) is 5.60 Å². The van der Waals surface area contributed by atoms with Gasteiger partial charge >= 0.3 is 0 Å². The smallest absolute Gasteiger partial charge is 0.258 e. The molecule has 0 fully saturated rings. The molecule has 1 nitrogen and oxygen atoms in total. The number of benzene rings is 2. The molecule has 0 spiro atoms. The highest BCUT2D eigenvalue weighted by atomic mass is 16.4. The molecule has 0 N–H and O–H groups in total. The van der Waals surface area contributed by atoms with Gasteiger partial charge in [0.2, 0.25) is 0 Å². The summed E-state index contributed by atoms with van der Waals surface area (Å²) in [6, 6.07) is 20.6. The van der Waals surface area contributed by atoms with Crippen molar-refractivity contribution in [2.75, 3.05) is 0 Å². The zero-order valence-electron chi connectivity index (χ0n) is 9.68. The fraction of sp³-hybridized carbons (Fsp3) is 0.143. The van der Waals surface area contributed by atoms with Crippen molar-refractivity contribution in [3.8, 4) is 0 Å². The Morgan fingerprint density at radius 3 is 1.50 bits per heavy atom. The van der Waals surface area contributed by atoms with E-state index >= 15 is 0 Å². The van der Waals surface area contributed by atoms with Gasteiger partial charge in [-0.25, -0.2) is 0 Å². The van der Waals surface area contributed by atoms with Crippen LogP contribution in [0.2, 0.25) is 0 Å². The molecule has 2 aromatic rings. The summed E-state index contributed by atoms with van der Waals surface area (Å²) in [5.41, 5.74) is 1.97. The van der Waals surface area contributed by atoms with E-state index < -0.39 is 0 Å². The van der Waals surface area contributed by atoms with Gasteiger partial charge in [-0.1, -0.05) is 60.7 Å². The van der Waals surface area contributed by atoms with Crippen molar-refractivity contribution in [3.63, 3.8) is 0 Å². The summed E-state index contributed by atoms with van der Waals surface area (Å²) in [5.74, 6) is 0. The van der Waals surface area contributed by atoms with Crippen LogP contribution in [0.25, 0.3) is 0 Å². The Labute approximate surface area is 97.5 Å². The molecule has 2 rings (SSSR count). The maximum absolute atomic E-state index is 5.71. The highest BCUT2D eigenvalue weighted by molar-refractivity contribution is 5.98. The normalized spacial score (nSPS) is 11.3. The van der Waals surface area contributed by atoms with Crippen LogP contribution in [0, 0.1) is 0 Å². The van der Waals surface area contributed by atoms with E-state index in [0.29, 0.717) is 0 Å². The van der Waals surface area contributed by atoms with Crippen LogP contribution < -0.4 is 0 Å². The molecule has 16 heavy (non-hydrogen) atoms.